The summed E-state index contributed by atoms with van der Waals surface area (Å²) in [7, 11) is -1.22. The molecule has 1 aliphatic rings. The molecule has 0 aliphatic carbocycles. The van der Waals surface area contributed by atoms with Crippen LogP contribution < -0.4 is 0 Å². The Bertz CT molecular complexity index is 1190. The SMILES string of the molecule is O=C(OCc1cc(F)cc(C(F)(F)F)c1)N1CCN(CCS(=O)c2ccc3n[nH]nc3c2)CC1. The molecule has 182 valence electrons. The molecule has 0 spiro atoms. The molecule has 1 aromatic heterocycles. The van der Waals surface area contributed by atoms with Gasteiger partial charge in [0.05, 0.1) is 16.4 Å². The third-order valence-electron chi connectivity index (χ3n) is 5.42. The molecule has 3 aromatic rings. The smallest absolute Gasteiger partial charge is 0.416 e. The van der Waals surface area contributed by atoms with Gasteiger partial charge in [0.15, 0.2) is 0 Å². The molecule has 8 nitrogen and oxygen atoms in total. The highest BCUT2D eigenvalue weighted by Crippen LogP contribution is 2.30. The van der Waals surface area contributed by atoms with Gasteiger partial charge >= 0.3 is 12.3 Å². The van der Waals surface area contributed by atoms with Crippen LogP contribution in [0.5, 0.6) is 0 Å². The number of hydrogen-bond acceptors (Lipinski definition) is 6. The van der Waals surface area contributed by atoms with Crippen molar-refractivity contribution in [3.05, 3.63) is 53.3 Å². The molecule has 0 saturated carbocycles. The maximum Gasteiger partial charge on any atom is 0.416 e. The summed E-state index contributed by atoms with van der Waals surface area (Å²) in [5.74, 6) is -0.637. The van der Waals surface area contributed by atoms with E-state index in [1.807, 2.05) is 0 Å². The molecule has 1 saturated heterocycles. The third-order valence-corrected chi connectivity index (χ3v) is 6.75. The number of aromatic amines is 1. The maximum absolute atomic E-state index is 13.5. The lowest BCUT2D eigenvalue weighted by Gasteiger charge is -2.33. The number of benzene rings is 2. The Morgan fingerprint density at radius 2 is 1.79 bits per heavy atom. The summed E-state index contributed by atoms with van der Waals surface area (Å²) < 4.78 is 69.6. The number of nitrogens with zero attached hydrogens (tertiary/aromatic N) is 4. The number of ether oxygens (including phenoxy) is 1. The van der Waals surface area contributed by atoms with Crippen LogP contribution in [0.3, 0.4) is 0 Å². The number of alkyl halides is 3. The molecule has 0 radical (unpaired) electrons. The van der Waals surface area contributed by atoms with Crippen molar-refractivity contribution < 1.29 is 31.3 Å². The van der Waals surface area contributed by atoms with Gasteiger partial charge in [-0.05, 0) is 42.0 Å². The zero-order valence-electron chi connectivity index (χ0n) is 17.8. The van der Waals surface area contributed by atoms with Crippen LogP contribution in [-0.2, 0) is 28.3 Å². The molecule has 2 aromatic carbocycles. The van der Waals surface area contributed by atoms with Gasteiger partial charge in [0, 0.05) is 43.4 Å². The number of aromatic nitrogens is 3. The highest BCUT2D eigenvalue weighted by molar-refractivity contribution is 7.85. The van der Waals surface area contributed by atoms with E-state index in [0.717, 1.165) is 12.1 Å². The van der Waals surface area contributed by atoms with Crippen LogP contribution >= 0.6 is 0 Å². The van der Waals surface area contributed by atoms with Crippen LogP contribution in [-0.4, -0.2) is 74.0 Å². The zero-order chi connectivity index (χ0) is 24.3. The van der Waals surface area contributed by atoms with Gasteiger partial charge in [-0.1, -0.05) is 0 Å². The van der Waals surface area contributed by atoms with Gasteiger partial charge < -0.3 is 9.64 Å². The van der Waals surface area contributed by atoms with Gasteiger partial charge in [-0.25, -0.2) is 9.18 Å². The molecule has 2 heterocycles. The summed E-state index contributed by atoms with van der Waals surface area (Å²) in [6.07, 6.45) is -5.37. The van der Waals surface area contributed by atoms with Crippen molar-refractivity contribution in [3.8, 4) is 0 Å². The topological polar surface area (TPSA) is 91.4 Å². The van der Waals surface area contributed by atoms with E-state index in [2.05, 4.69) is 20.3 Å². The van der Waals surface area contributed by atoms with Crippen LogP contribution in [0.15, 0.2) is 41.3 Å². The van der Waals surface area contributed by atoms with Crippen LogP contribution in [0.4, 0.5) is 22.4 Å². The molecule has 13 heteroatoms. The maximum atomic E-state index is 13.5. The van der Waals surface area contributed by atoms with E-state index >= 15 is 0 Å². The Balaban J connectivity index is 1.22. The van der Waals surface area contributed by atoms with E-state index in [9.17, 15) is 26.6 Å². The average molecular weight is 499 g/mol. The van der Waals surface area contributed by atoms with Gasteiger partial charge in [0.25, 0.3) is 0 Å². The Labute approximate surface area is 194 Å². The van der Waals surface area contributed by atoms with Gasteiger partial charge in [-0.3, -0.25) is 9.11 Å². The first kappa shape index (κ1) is 24.1. The summed E-state index contributed by atoms with van der Waals surface area (Å²) in [5, 5.41) is 10.5. The number of hydrogen-bond donors (Lipinski definition) is 1. The predicted octanol–water partition coefficient (Wildman–Crippen LogP) is 3.18. The van der Waals surface area contributed by atoms with Crippen molar-refractivity contribution in [1.29, 1.82) is 0 Å². The summed E-state index contributed by atoms with van der Waals surface area (Å²) in [6, 6.07) is 7.30. The van der Waals surface area contributed by atoms with E-state index in [4.69, 9.17) is 4.74 Å². The fourth-order valence-electron chi connectivity index (χ4n) is 3.58. The lowest BCUT2D eigenvalue weighted by molar-refractivity contribution is -0.137. The third kappa shape index (κ3) is 5.89. The normalized spacial score (nSPS) is 16.1. The minimum Gasteiger partial charge on any atom is -0.445 e. The lowest BCUT2D eigenvalue weighted by atomic mass is 10.1. The second-order valence-electron chi connectivity index (χ2n) is 7.75. The van der Waals surface area contributed by atoms with E-state index in [1.165, 1.54) is 4.90 Å². The van der Waals surface area contributed by atoms with Crippen LogP contribution in [0.25, 0.3) is 11.0 Å². The van der Waals surface area contributed by atoms with E-state index in [0.29, 0.717) is 60.5 Å². The first-order valence-corrected chi connectivity index (χ1v) is 11.7. The van der Waals surface area contributed by atoms with Gasteiger partial charge in [0.1, 0.15) is 23.5 Å². The van der Waals surface area contributed by atoms with Crippen molar-refractivity contribution >= 4 is 27.9 Å². The van der Waals surface area contributed by atoms with Crippen LogP contribution in [0.1, 0.15) is 11.1 Å². The number of halogens is 4. The van der Waals surface area contributed by atoms with Crippen molar-refractivity contribution in [1.82, 2.24) is 25.2 Å². The summed E-state index contributed by atoms with van der Waals surface area (Å²) in [4.78, 5) is 16.5. The van der Waals surface area contributed by atoms with Crippen molar-refractivity contribution in [2.75, 3.05) is 38.5 Å². The number of piperazine rings is 1. The number of amides is 1. The number of carbonyl (C=O) groups excluding carboxylic acids is 1. The van der Waals surface area contributed by atoms with Crippen LogP contribution in [0.2, 0.25) is 0 Å². The Hall–Kier alpha value is -3.06. The predicted molar refractivity (Wildman–Crippen MR) is 115 cm³/mol. The van der Waals surface area contributed by atoms with Crippen molar-refractivity contribution in [2.24, 2.45) is 0 Å². The summed E-state index contributed by atoms with van der Waals surface area (Å²) >= 11 is 0. The Kier molecular flexibility index (Phi) is 7.12. The summed E-state index contributed by atoms with van der Waals surface area (Å²) in [5.41, 5.74) is 0.129. The molecule has 1 amide bonds. The molecule has 34 heavy (non-hydrogen) atoms. The van der Waals surface area contributed by atoms with E-state index < -0.39 is 41.1 Å². The molecular formula is C21H21F4N5O3S. The summed E-state index contributed by atoms with van der Waals surface area (Å²) in [6.45, 7) is 1.88. The number of rotatable bonds is 6. The lowest BCUT2D eigenvalue weighted by Crippen LogP contribution is -2.49. The average Bonchev–Trinajstić information content (AvgIpc) is 3.28. The fourth-order valence-corrected chi connectivity index (χ4v) is 4.70. The van der Waals surface area contributed by atoms with Gasteiger partial charge in [-0.15, -0.1) is 0 Å². The Morgan fingerprint density at radius 3 is 2.53 bits per heavy atom. The van der Waals surface area contributed by atoms with Crippen molar-refractivity contribution in [3.63, 3.8) is 0 Å². The number of carbonyl (C=O) groups is 1. The zero-order valence-corrected chi connectivity index (χ0v) is 18.7. The Morgan fingerprint density at radius 1 is 1.06 bits per heavy atom. The van der Waals surface area contributed by atoms with Gasteiger partial charge in [-0.2, -0.15) is 28.6 Å². The molecule has 1 fully saturated rings. The molecule has 1 unspecified atom stereocenters. The second-order valence-corrected chi connectivity index (χ2v) is 9.32. The van der Waals surface area contributed by atoms with Crippen LogP contribution in [0, 0.1) is 5.82 Å². The fraction of sp³-hybridized carbons (Fsp3) is 0.381. The molecule has 1 aliphatic heterocycles. The first-order chi connectivity index (χ1) is 16.2. The monoisotopic (exact) mass is 499 g/mol. The minimum absolute atomic E-state index is 0.0781. The molecule has 4 rings (SSSR count). The molecule has 0 bridgehead atoms. The number of fused-ring (bicyclic) bond motifs is 1. The largest absolute Gasteiger partial charge is 0.445 e. The van der Waals surface area contributed by atoms with E-state index in [-0.39, 0.29) is 5.56 Å². The molecule has 1 atom stereocenters. The first-order valence-electron chi connectivity index (χ1n) is 10.4. The second kappa shape index (κ2) is 10.1. The van der Waals surface area contributed by atoms with E-state index in [1.54, 1.807) is 18.2 Å². The molecular weight excluding hydrogens is 478 g/mol. The highest BCUT2D eigenvalue weighted by Gasteiger charge is 2.31. The number of H-pyrrole nitrogens is 1. The van der Waals surface area contributed by atoms with Gasteiger partial charge in [0.2, 0.25) is 0 Å². The molecule has 1 N–H and O–H groups in total. The van der Waals surface area contributed by atoms with Crippen molar-refractivity contribution in [2.45, 2.75) is 17.7 Å². The standard InChI is InChI=1S/C21H21F4N5O3S/c22-16-10-14(9-15(11-16)21(23,24)25)13-33-20(31)30-5-3-29(4-6-30)7-8-34(32)17-1-2-18-19(12-17)27-28-26-18/h1-2,9-12H,3-8,13H2,(H,26,27,28). The minimum atomic E-state index is -4.69. The highest BCUT2D eigenvalue weighted by atomic mass is 32.2. The number of nitrogens with one attached hydrogen (secondary N) is 1. The quantitative estimate of drug-likeness (QED) is 0.524.